The molecule has 0 saturated heterocycles. The second kappa shape index (κ2) is 6.05. The predicted octanol–water partition coefficient (Wildman–Crippen LogP) is 3.27. The zero-order chi connectivity index (χ0) is 13.7. The topological polar surface area (TPSA) is 35.5 Å². The summed E-state index contributed by atoms with van der Waals surface area (Å²) >= 11 is 0. The van der Waals surface area contributed by atoms with Crippen molar-refractivity contribution in [3.63, 3.8) is 0 Å². The summed E-state index contributed by atoms with van der Waals surface area (Å²) in [5.41, 5.74) is 1.65. The standard InChI is InChI=1S/C16H16O3/c1-12-7-3-4-8-13(12)14(17)11-19-16-10-6-5-9-15(16)18-2/h3-10H,11H2,1-2H3. The van der Waals surface area contributed by atoms with Crippen LogP contribution in [0.25, 0.3) is 0 Å². The van der Waals surface area contributed by atoms with Crippen LogP contribution in [-0.2, 0) is 0 Å². The van der Waals surface area contributed by atoms with Crippen LogP contribution < -0.4 is 9.47 Å². The van der Waals surface area contributed by atoms with Crippen molar-refractivity contribution in [1.29, 1.82) is 0 Å². The van der Waals surface area contributed by atoms with Gasteiger partial charge in [0.05, 0.1) is 7.11 Å². The predicted molar refractivity (Wildman–Crippen MR) is 74.0 cm³/mol. The van der Waals surface area contributed by atoms with Gasteiger partial charge in [-0.2, -0.15) is 0 Å². The van der Waals surface area contributed by atoms with Gasteiger partial charge in [0.15, 0.2) is 23.9 Å². The number of methoxy groups -OCH3 is 1. The van der Waals surface area contributed by atoms with Crippen molar-refractivity contribution >= 4 is 5.78 Å². The second-order valence-electron chi connectivity index (χ2n) is 4.18. The molecule has 0 bridgehead atoms. The summed E-state index contributed by atoms with van der Waals surface area (Å²) in [4.78, 5) is 12.1. The van der Waals surface area contributed by atoms with E-state index < -0.39 is 0 Å². The zero-order valence-electron chi connectivity index (χ0n) is 11.1. The Morgan fingerprint density at radius 3 is 2.32 bits per heavy atom. The van der Waals surface area contributed by atoms with E-state index in [4.69, 9.17) is 9.47 Å². The molecule has 0 radical (unpaired) electrons. The number of hydrogen-bond acceptors (Lipinski definition) is 3. The number of Topliss-reactive ketones (excluding diaryl/α,β-unsaturated/α-hetero) is 1. The van der Waals surface area contributed by atoms with E-state index in [-0.39, 0.29) is 12.4 Å². The van der Waals surface area contributed by atoms with Crippen LogP contribution in [0.1, 0.15) is 15.9 Å². The molecule has 0 amide bonds. The fourth-order valence-corrected chi connectivity index (χ4v) is 1.84. The lowest BCUT2D eigenvalue weighted by Gasteiger charge is -2.10. The Balaban J connectivity index is 2.07. The molecule has 3 nitrogen and oxygen atoms in total. The lowest BCUT2D eigenvalue weighted by atomic mass is 10.1. The van der Waals surface area contributed by atoms with E-state index in [1.165, 1.54) is 0 Å². The number of carbonyl (C=O) groups excluding carboxylic acids is 1. The van der Waals surface area contributed by atoms with Gasteiger partial charge < -0.3 is 9.47 Å². The first-order valence-electron chi connectivity index (χ1n) is 6.07. The van der Waals surface area contributed by atoms with Crippen molar-refractivity contribution in [2.24, 2.45) is 0 Å². The molecule has 2 aromatic carbocycles. The lowest BCUT2D eigenvalue weighted by Crippen LogP contribution is -2.13. The SMILES string of the molecule is COc1ccccc1OCC(=O)c1ccccc1C. The van der Waals surface area contributed by atoms with E-state index in [2.05, 4.69) is 0 Å². The first-order valence-corrected chi connectivity index (χ1v) is 6.07. The van der Waals surface area contributed by atoms with Gasteiger partial charge in [-0.3, -0.25) is 4.79 Å². The summed E-state index contributed by atoms with van der Waals surface area (Å²) in [6.45, 7) is 1.92. The molecule has 0 fully saturated rings. The van der Waals surface area contributed by atoms with Gasteiger partial charge in [0.2, 0.25) is 0 Å². The van der Waals surface area contributed by atoms with Gasteiger partial charge in [-0.25, -0.2) is 0 Å². The summed E-state index contributed by atoms with van der Waals surface area (Å²) in [5, 5.41) is 0. The lowest BCUT2D eigenvalue weighted by molar-refractivity contribution is 0.0919. The van der Waals surface area contributed by atoms with Crippen molar-refractivity contribution in [1.82, 2.24) is 0 Å². The number of rotatable bonds is 5. The highest BCUT2D eigenvalue weighted by Crippen LogP contribution is 2.25. The maximum Gasteiger partial charge on any atom is 0.200 e. The molecule has 0 heterocycles. The van der Waals surface area contributed by atoms with E-state index in [9.17, 15) is 4.79 Å². The highest BCUT2D eigenvalue weighted by molar-refractivity contribution is 5.98. The number of carbonyl (C=O) groups is 1. The number of ketones is 1. The monoisotopic (exact) mass is 256 g/mol. The van der Waals surface area contributed by atoms with Gasteiger partial charge in [-0.15, -0.1) is 0 Å². The molecule has 0 unspecified atom stereocenters. The molecule has 0 aliphatic rings. The Kier molecular flexibility index (Phi) is 4.18. The quantitative estimate of drug-likeness (QED) is 0.770. The van der Waals surface area contributed by atoms with Crippen LogP contribution in [0.5, 0.6) is 11.5 Å². The first kappa shape index (κ1) is 13.1. The minimum atomic E-state index is -0.0380. The maximum absolute atomic E-state index is 12.1. The Morgan fingerprint density at radius 1 is 1.00 bits per heavy atom. The molecule has 0 atom stereocenters. The van der Waals surface area contributed by atoms with E-state index in [0.717, 1.165) is 5.56 Å². The van der Waals surface area contributed by atoms with Gasteiger partial charge in [-0.05, 0) is 24.6 Å². The molecule has 2 aromatic rings. The number of hydrogen-bond donors (Lipinski definition) is 0. The Hall–Kier alpha value is -2.29. The molecular formula is C16H16O3. The molecule has 0 N–H and O–H groups in total. The first-order chi connectivity index (χ1) is 9.22. The summed E-state index contributed by atoms with van der Waals surface area (Å²) in [6, 6.07) is 14.8. The number of benzene rings is 2. The van der Waals surface area contributed by atoms with Gasteiger partial charge >= 0.3 is 0 Å². The summed E-state index contributed by atoms with van der Waals surface area (Å²) in [6.07, 6.45) is 0. The summed E-state index contributed by atoms with van der Waals surface area (Å²) in [7, 11) is 1.57. The molecule has 0 aliphatic carbocycles. The molecule has 19 heavy (non-hydrogen) atoms. The normalized spacial score (nSPS) is 10.0. The fraction of sp³-hybridized carbons (Fsp3) is 0.188. The van der Waals surface area contributed by atoms with Crippen LogP contribution in [0.2, 0.25) is 0 Å². The molecule has 0 aromatic heterocycles. The third-order valence-corrected chi connectivity index (χ3v) is 2.87. The highest BCUT2D eigenvalue weighted by atomic mass is 16.5. The second-order valence-corrected chi connectivity index (χ2v) is 4.18. The van der Waals surface area contributed by atoms with Crippen LogP contribution in [0.15, 0.2) is 48.5 Å². The average molecular weight is 256 g/mol. The smallest absolute Gasteiger partial charge is 0.200 e. The van der Waals surface area contributed by atoms with E-state index in [1.807, 2.05) is 43.3 Å². The Labute approximate surface area is 112 Å². The van der Waals surface area contributed by atoms with Crippen LogP contribution in [-0.4, -0.2) is 19.5 Å². The van der Waals surface area contributed by atoms with Gasteiger partial charge in [-0.1, -0.05) is 36.4 Å². The highest BCUT2D eigenvalue weighted by Gasteiger charge is 2.10. The molecule has 3 heteroatoms. The van der Waals surface area contributed by atoms with Crippen LogP contribution in [0.3, 0.4) is 0 Å². The maximum atomic E-state index is 12.1. The minimum absolute atomic E-state index is 0.00519. The molecule has 0 saturated carbocycles. The molecule has 0 aliphatic heterocycles. The largest absolute Gasteiger partial charge is 0.493 e. The van der Waals surface area contributed by atoms with E-state index >= 15 is 0 Å². The van der Waals surface area contributed by atoms with E-state index in [0.29, 0.717) is 17.1 Å². The van der Waals surface area contributed by atoms with Gasteiger partial charge in [0.25, 0.3) is 0 Å². The Morgan fingerprint density at radius 2 is 1.63 bits per heavy atom. The van der Waals surface area contributed by atoms with Crippen molar-refractivity contribution in [3.05, 3.63) is 59.7 Å². The molecule has 0 spiro atoms. The average Bonchev–Trinajstić information content (AvgIpc) is 2.45. The zero-order valence-corrected chi connectivity index (χ0v) is 11.1. The third kappa shape index (κ3) is 3.13. The van der Waals surface area contributed by atoms with Crippen molar-refractivity contribution in [2.45, 2.75) is 6.92 Å². The van der Waals surface area contributed by atoms with Crippen molar-refractivity contribution in [2.75, 3.05) is 13.7 Å². The minimum Gasteiger partial charge on any atom is -0.493 e. The van der Waals surface area contributed by atoms with E-state index in [1.54, 1.807) is 19.2 Å². The fourth-order valence-electron chi connectivity index (χ4n) is 1.84. The van der Waals surface area contributed by atoms with Crippen LogP contribution in [0.4, 0.5) is 0 Å². The van der Waals surface area contributed by atoms with Crippen molar-refractivity contribution in [3.8, 4) is 11.5 Å². The van der Waals surface area contributed by atoms with Crippen molar-refractivity contribution < 1.29 is 14.3 Å². The molecular weight excluding hydrogens is 240 g/mol. The number of para-hydroxylation sites is 2. The molecule has 98 valence electrons. The summed E-state index contributed by atoms with van der Waals surface area (Å²) in [5.74, 6) is 1.16. The Bertz CT molecular complexity index is 576. The van der Waals surface area contributed by atoms with Crippen LogP contribution >= 0.6 is 0 Å². The van der Waals surface area contributed by atoms with Gasteiger partial charge in [0, 0.05) is 5.56 Å². The third-order valence-electron chi connectivity index (χ3n) is 2.87. The molecule has 2 rings (SSSR count). The number of ether oxygens (including phenoxy) is 2. The summed E-state index contributed by atoms with van der Waals surface area (Å²) < 4.78 is 10.7. The van der Waals surface area contributed by atoms with Crippen LogP contribution in [0, 0.1) is 6.92 Å². The van der Waals surface area contributed by atoms with Gasteiger partial charge in [0.1, 0.15) is 0 Å². The number of aryl methyl sites for hydroxylation is 1.